The number of rotatable bonds is 4. The first-order valence-electron chi connectivity index (χ1n) is 5.46. The van der Waals surface area contributed by atoms with Crippen molar-refractivity contribution in [1.82, 2.24) is 9.97 Å². The lowest BCUT2D eigenvalue weighted by atomic mass is 9.96. The van der Waals surface area contributed by atoms with E-state index in [1.54, 1.807) is 6.33 Å². The van der Waals surface area contributed by atoms with Crippen LogP contribution in [0.1, 0.15) is 19.0 Å². The minimum atomic E-state index is -0.721. The maximum atomic E-state index is 10.5. The van der Waals surface area contributed by atoms with Crippen molar-refractivity contribution in [2.45, 2.75) is 19.8 Å². The summed E-state index contributed by atoms with van der Waals surface area (Å²) >= 11 is 0. The topological polar surface area (TPSA) is 66.3 Å². The molecule has 0 amide bonds. The molecular weight excluding hydrogens is 206 g/mol. The highest BCUT2D eigenvalue weighted by Gasteiger charge is 2.29. The van der Waals surface area contributed by atoms with Crippen molar-refractivity contribution in [3.05, 3.63) is 18.1 Å². The van der Waals surface area contributed by atoms with Gasteiger partial charge in [0.1, 0.15) is 12.1 Å². The first-order chi connectivity index (χ1) is 7.69. The number of carboxylic acids is 1. The standard InChI is InChI=1S/C11H15N3O2/c1-2-9-4-10(13-7-12-9)14-5-8(6-14)3-11(15)16/h4,7-8H,2-3,5-6H2,1H3,(H,15,16). The summed E-state index contributed by atoms with van der Waals surface area (Å²) in [6.07, 6.45) is 2.71. The van der Waals surface area contributed by atoms with Gasteiger partial charge in [0, 0.05) is 30.8 Å². The van der Waals surface area contributed by atoms with Gasteiger partial charge in [-0.15, -0.1) is 0 Å². The normalized spacial score (nSPS) is 15.9. The van der Waals surface area contributed by atoms with Crippen molar-refractivity contribution in [2.24, 2.45) is 5.92 Å². The molecule has 0 bridgehead atoms. The smallest absolute Gasteiger partial charge is 0.303 e. The highest BCUT2D eigenvalue weighted by Crippen LogP contribution is 2.24. The molecular formula is C11H15N3O2. The van der Waals surface area contributed by atoms with E-state index in [0.717, 1.165) is 31.0 Å². The van der Waals surface area contributed by atoms with Crippen molar-refractivity contribution >= 4 is 11.8 Å². The van der Waals surface area contributed by atoms with Crippen molar-refractivity contribution in [1.29, 1.82) is 0 Å². The summed E-state index contributed by atoms with van der Waals surface area (Å²) in [6, 6.07) is 1.97. The van der Waals surface area contributed by atoms with E-state index in [-0.39, 0.29) is 12.3 Å². The predicted molar refractivity (Wildman–Crippen MR) is 59.4 cm³/mol. The number of aromatic nitrogens is 2. The number of aryl methyl sites for hydroxylation is 1. The van der Waals surface area contributed by atoms with Gasteiger partial charge in [-0.1, -0.05) is 6.92 Å². The van der Waals surface area contributed by atoms with Crippen molar-refractivity contribution in [3.63, 3.8) is 0 Å². The van der Waals surface area contributed by atoms with Crippen LogP contribution in [0.3, 0.4) is 0 Å². The average molecular weight is 221 g/mol. The molecule has 0 unspecified atom stereocenters. The Kier molecular flexibility index (Phi) is 3.03. The van der Waals surface area contributed by atoms with E-state index in [0.29, 0.717) is 0 Å². The van der Waals surface area contributed by atoms with Crippen LogP contribution in [0.5, 0.6) is 0 Å². The van der Waals surface area contributed by atoms with E-state index in [1.807, 2.05) is 6.07 Å². The monoisotopic (exact) mass is 221 g/mol. The second-order valence-corrected chi connectivity index (χ2v) is 4.09. The number of hydrogen-bond acceptors (Lipinski definition) is 4. The van der Waals surface area contributed by atoms with Gasteiger partial charge in [-0.3, -0.25) is 4.79 Å². The van der Waals surface area contributed by atoms with Crippen LogP contribution in [-0.4, -0.2) is 34.1 Å². The molecule has 1 fully saturated rings. The Balaban J connectivity index is 1.93. The van der Waals surface area contributed by atoms with Crippen LogP contribution in [0, 0.1) is 5.92 Å². The van der Waals surface area contributed by atoms with Gasteiger partial charge in [0.05, 0.1) is 6.42 Å². The van der Waals surface area contributed by atoms with E-state index >= 15 is 0 Å². The molecule has 2 heterocycles. The molecule has 1 saturated heterocycles. The fourth-order valence-corrected chi connectivity index (χ4v) is 1.89. The third kappa shape index (κ3) is 2.29. The quantitative estimate of drug-likeness (QED) is 0.820. The van der Waals surface area contributed by atoms with Gasteiger partial charge in [0.2, 0.25) is 0 Å². The van der Waals surface area contributed by atoms with E-state index in [1.165, 1.54) is 0 Å². The number of aliphatic carboxylic acids is 1. The van der Waals surface area contributed by atoms with Gasteiger partial charge in [0.15, 0.2) is 0 Å². The highest BCUT2D eigenvalue weighted by molar-refractivity contribution is 5.67. The van der Waals surface area contributed by atoms with Crippen LogP contribution < -0.4 is 4.90 Å². The largest absolute Gasteiger partial charge is 0.481 e. The summed E-state index contributed by atoms with van der Waals surface area (Å²) in [5.41, 5.74) is 1.02. The molecule has 1 aliphatic rings. The highest BCUT2D eigenvalue weighted by atomic mass is 16.4. The maximum Gasteiger partial charge on any atom is 0.303 e. The minimum Gasteiger partial charge on any atom is -0.481 e. The molecule has 0 saturated carbocycles. The summed E-state index contributed by atoms with van der Waals surface area (Å²) in [7, 11) is 0. The van der Waals surface area contributed by atoms with E-state index in [9.17, 15) is 4.79 Å². The first-order valence-corrected chi connectivity index (χ1v) is 5.46. The molecule has 0 aliphatic carbocycles. The van der Waals surface area contributed by atoms with Crippen molar-refractivity contribution in [2.75, 3.05) is 18.0 Å². The van der Waals surface area contributed by atoms with Crippen LogP contribution in [0.2, 0.25) is 0 Å². The summed E-state index contributed by atoms with van der Waals surface area (Å²) in [5, 5.41) is 8.64. The van der Waals surface area contributed by atoms with Gasteiger partial charge in [-0.05, 0) is 6.42 Å². The molecule has 0 aromatic carbocycles. The minimum absolute atomic E-state index is 0.252. The fraction of sp³-hybridized carbons (Fsp3) is 0.545. The number of hydrogen-bond donors (Lipinski definition) is 1. The summed E-state index contributed by atoms with van der Waals surface area (Å²) in [4.78, 5) is 20.9. The first kappa shape index (κ1) is 10.9. The van der Waals surface area contributed by atoms with Gasteiger partial charge in [-0.2, -0.15) is 0 Å². The molecule has 1 N–H and O–H groups in total. The Morgan fingerprint density at radius 2 is 2.31 bits per heavy atom. The average Bonchev–Trinajstić information content (AvgIpc) is 2.22. The maximum absolute atomic E-state index is 10.5. The SMILES string of the molecule is CCc1cc(N2CC(CC(=O)O)C2)ncn1. The van der Waals surface area contributed by atoms with E-state index in [4.69, 9.17) is 5.11 Å². The Morgan fingerprint density at radius 3 is 2.94 bits per heavy atom. The molecule has 1 aliphatic heterocycles. The number of carboxylic acid groups (broad SMARTS) is 1. The van der Waals surface area contributed by atoms with E-state index in [2.05, 4.69) is 21.8 Å². The molecule has 5 nitrogen and oxygen atoms in total. The zero-order chi connectivity index (χ0) is 11.5. The molecule has 16 heavy (non-hydrogen) atoms. The zero-order valence-electron chi connectivity index (χ0n) is 9.26. The Labute approximate surface area is 94.1 Å². The second-order valence-electron chi connectivity index (χ2n) is 4.09. The number of nitrogens with zero attached hydrogens (tertiary/aromatic N) is 3. The van der Waals surface area contributed by atoms with Crippen LogP contribution in [-0.2, 0) is 11.2 Å². The summed E-state index contributed by atoms with van der Waals surface area (Å²) in [6.45, 7) is 3.62. The van der Waals surface area contributed by atoms with Crippen molar-refractivity contribution in [3.8, 4) is 0 Å². The Bertz CT molecular complexity index is 389. The van der Waals surface area contributed by atoms with Crippen molar-refractivity contribution < 1.29 is 9.90 Å². The van der Waals surface area contributed by atoms with Gasteiger partial charge in [0.25, 0.3) is 0 Å². The number of anilines is 1. The Morgan fingerprint density at radius 1 is 1.56 bits per heavy atom. The van der Waals surface area contributed by atoms with Gasteiger partial charge < -0.3 is 10.0 Å². The molecule has 86 valence electrons. The lowest BCUT2D eigenvalue weighted by molar-refractivity contribution is -0.138. The number of carbonyl (C=O) groups is 1. The van der Waals surface area contributed by atoms with Crippen LogP contribution in [0.15, 0.2) is 12.4 Å². The third-order valence-corrected chi connectivity index (χ3v) is 2.82. The van der Waals surface area contributed by atoms with Crippen LogP contribution in [0.4, 0.5) is 5.82 Å². The van der Waals surface area contributed by atoms with Crippen LogP contribution >= 0.6 is 0 Å². The molecule has 0 atom stereocenters. The predicted octanol–water partition coefficient (Wildman–Crippen LogP) is 0.950. The lowest BCUT2D eigenvalue weighted by Crippen LogP contribution is -2.48. The van der Waals surface area contributed by atoms with Gasteiger partial charge in [-0.25, -0.2) is 9.97 Å². The third-order valence-electron chi connectivity index (χ3n) is 2.82. The second kappa shape index (κ2) is 4.47. The molecule has 1 aromatic rings. The molecule has 1 aromatic heterocycles. The summed E-state index contributed by atoms with van der Waals surface area (Å²) in [5.74, 6) is 0.451. The zero-order valence-corrected chi connectivity index (χ0v) is 9.26. The molecule has 2 rings (SSSR count). The molecule has 0 spiro atoms. The van der Waals surface area contributed by atoms with Gasteiger partial charge >= 0.3 is 5.97 Å². The summed E-state index contributed by atoms with van der Waals surface area (Å²) < 4.78 is 0. The Hall–Kier alpha value is -1.65. The van der Waals surface area contributed by atoms with E-state index < -0.39 is 5.97 Å². The molecule has 0 radical (unpaired) electrons. The van der Waals surface area contributed by atoms with Crippen LogP contribution in [0.25, 0.3) is 0 Å². The fourth-order valence-electron chi connectivity index (χ4n) is 1.89. The molecule has 5 heteroatoms. The lowest BCUT2D eigenvalue weighted by Gasteiger charge is -2.39.